The number of ether oxygens (including phenoxy) is 2. The number of halogens is 3. The van der Waals surface area contributed by atoms with Crippen LogP contribution in [0.1, 0.15) is 11.1 Å². The highest BCUT2D eigenvalue weighted by Gasteiger charge is 2.17. The smallest absolute Gasteiger partial charge is 0.224 e. The van der Waals surface area contributed by atoms with Crippen LogP contribution in [0.2, 0.25) is 10.0 Å². The maximum absolute atomic E-state index is 13.7. The SMILES string of the molecule is O=C(Cc1c(F)cccc1Cl)NCCc1cc(Cl)c2c(c1)OCCO2. The van der Waals surface area contributed by atoms with E-state index in [1.54, 1.807) is 12.1 Å². The molecular weight excluding hydrogens is 368 g/mol. The van der Waals surface area contributed by atoms with Gasteiger partial charge in [-0.3, -0.25) is 4.79 Å². The Hall–Kier alpha value is -1.98. The van der Waals surface area contributed by atoms with E-state index in [4.69, 9.17) is 32.7 Å². The molecule has 0 saturated heterocycles. The zero-order chi connectivity index (χ0) is 17.8. The number of nitrogens with one attached hydrogen (secondary N) is 1. The zero-order valence-electron chi connectivity index (χ0n) is 13.3. The second-order valence-electron chi connectivity index (χ2n) is 5.58. The van der Waals surface area contributed by atoms with Crippen molar-refractivity contribution in [3.8, 4) is 11.5 Å². The summed E-state index contributed by atoms with van der Waals surface area (Å²) in [6, 6.07) is 7.98. The summed E-state index contributed by atoms with van der Waals surface area (Å²) in [5.41, 5.74) is 1.11. The fourth-order valence-electron chi connectivity index (χ4n) is 2.58. The molecule has 0 saturated carbocycles. The Balaban J connectivity index is 1.56. The molecule has 1 amide bonds. The molecule has 4 nitrogen and oxygen atoms in total. The molecule has 0 aromatic heterocycles. The number of hydrogen-bond acceptors (Lipinski definition) is 3. The van der Waals surface area contributed by atoms with Gasteiger partial charge in [0.05, 0.1) is 11.4 Å². The summed E-state index contributed by atoms with van der Waals surface area (Å²) in [5.74, 6) is 0.380. The molecule has 1 N–H and O–H groups in total. The van der Waals surface area contributed by atoms with E-state index in [9.17, 15) is 9.18 Å². The number of carbonyl (C=O) groups is 1. The summed E-state index contributed by atoms with van der Waals surface area (Å²) >= 11 is 12.1. The van der Waals surface area contributed by atoms with Crippen LogP contribution in [0.25, 0.3) is 0 Å². The van der Waals surface area contributed by atoms with Crippen LogP contribution < -0.4 is 14.8 Å². The minimum Gasteiger partial charge on any atom is -0.486 e. The van der Waals surface area contributed by atoms with E-state index < -0.39 is 5.82 Å². The van der Waals surface area contributed by atoms with Gasteiger partial charge in [-0.1, -0.05) is 29.3 Å². The summed E-state index contributed by atoms with van der Waals surface area (Å²) in [6.45, 7) is 1.34. The molecule has 2 aromatic carbocycles. The lowest BCUT2D eigenvalue weighted by atomic mass is 10.1. The summed E-state index contributed by atoms with van der Waals surface area (Å²) < 4.78 is 24.7. The van der Waals surface area contributed by atoms with Crippen LogP contribution in [0.3, 0.4) is 0 Å². The van der Waals surface area contributed by atoms with Crippen molar-refractivity contribution >= 4 is 29.1 Å². The van der Waals surface area contributed by atoms with Gasteiger partial charge in [0.2, 0.25) is 5.91 Å². The van der Waals surface area contributed by atoms with Gasteiger partial charge < -0.3 is 14.8 Å². The first-order valence-electron chi connectivity index (χ1n) is 7.82. The van der Waals surface area contributed by atoms with Gasteiger partial charge in [0.25, 0.3) is 0 Å². The standard InChI is InChI=1S/C18H16Cl2FNO3/c19-13-2-1-3-15(21)12(13)10-17(23)22-5-4-11-8-14(20)18-16(9-11)24-6-7-25-18/h1-3,8-9H,4-7,10H2,(H,22,23). The van der Waals surface area contributed by atoms with Gasteiger partial charge in [-0.05, 0) is 36.2 Å². The number of amides is 1. The Morgan fingerprint density at radius 1 is 1.16 bits per heavy atom. The van der Waals surface area contributed by atoms with Gasteiger partial charge >= 0.3 is 0 Å². The lowest BCUT2D eigenvalue weighted by Gasteiger charge is -2.20. The molecule has 7 heteroatoms. The third kappa shape index (κ3) is 4.35. The average molecular weight is 384 g/mol. The average Bonchev–Trinajstić information content (AvgIpc) is 2.58. The van der Waals surface area contributed by atoms with Crippen molar-refractivity contribution in [1.82, 2.24) is 5.32 Å². The normalized spacial score (nSPS) is 12.8. The summed E-state index contributed by atoms with van der Waals surface area (Å²) in [7, 11) is 0. The van der Waals surface area contributed by atoms with Crippen LogP contribution in [0.5, 0.6) is 11.5 Å². The second kappa shape index (κ2) is 7.93. The van der Waals surface area contributed by atoms with Crippen molar-refractivity contribution in [2.75, 3.05) is 19.8 Å². The molecule has 132 valence electrons. The molecule has 1 aliphatic heterocycles. The fraction of sp³-hybridized carbons (Fsp3) is 0.278. The van der Waals surface area contributed by atoms with Crippen molar-refractivity contribution in [3.05, 3.63) is 57.3 Å². The Kier molecular flexibility index (Phi) is 5.66. The van der Waals surface area contributed by atoms with E-state index in [1.165, 1.54) is 12.1 Å². The van der Waals surface area contributed by atoms with E-state index in [1.807, 2.05) is 6.07 Å². The van der Waals surface area contributed by atoms with Crippen LogP contribution >= 0.6 is 23.2 Å². The first-order chi connectivity index (χ1) is 12.0. The Morgan fingerprint density at radius 3 is 2.76 bits per heavy atom. The highest BCUT2D eigenvalue weighted by molar-refractivity contribution is 6.32. The topological polar surface area (TPSA) is 47.6 Å². The van der Waals surface area contributed by atoms with E-state index in [0.29, 0.717) is 42.7 Å². The van der Waals surface area contributed by atoms with Gasteiger partial charge in [0, 0.05) is 17.1 Å². The van der Waals surface area contributed by atoms with Gasteiger partial charge in [-0.15, -0.1) is 0 Å². The predicted octanol–water partition coefficient (Wildman–Crippen LogP) is 3.81. The van der Waals surface area contributed by atoms with Crippen molar-refractivity contribution in [2.24, 2.45) is 0 Å². The van der Waals surface area contributed by atoms with Crippen molar-refractivity contribution in [1.29, 1.82) is 0 Å². The molecule has 25 heavy (non-hydrogen) atoms. The molecule has 0 spiro atoms. The molecule has 0 radical (unpaired) electrons. The molecule has 0 bridgehead atoms. The highest BCUT2D eigenvalue weighted by atomic mass is 35.5. The van der Waals surface area contributed by atoms with E-state index in [-0.39, 0.29) is 22.9 Å². The Labute approximate surface area is 154 Å². The fourth-order valence-corrected chi connectivity index (χ4v) is 3.10. The largest absolute Gasteiger partial charge is 0.486 e. The van der Waals surface area contributed by atoms with E-state index in [0.717, 1.165) is 5.56 Å². The molecule has 0 atom stereocenters. The molecule has 0 aliphatic carbocycles. The summed E-state index contributed by atoms with van der Waals surface area (Å²) in [5, 5.41) is 3.48. The van der Waals surface area contributed by atoms with Gasteiger partial charge in [-0.2, -0.15) is 0 Å². The van der Waals surface area contributed by atoms with Crippen LogP contribution in [0, 0.1) is 5.82 Å². The van der Waals surface area contributed by atoms with Crippen LogP contribution in [-0.2, 0) is 17.6 Å². The predicted molar refractivity (Wildman–Crippen MR) is 94.3 cm³/mol. The minimum atomic E-state index is -0.485. The Morgan fingerprint density at radius 2 is 1.96 bits per heavy atom. The number of carbonyl (C=O) groups excluding carboxylic acids is 1. The lowest BCUT2D eigenvalue weighted by molar-refractivity contribution is -0.120. The number of benzene rings is 2. The Bertz CT molecular complexity index is 778. The van der Waals surface area contributed by atoms with Gasteiger partial charge in [0.15, 0.2) is 11.5 Å². The van der Waals surface area contributed by atoms with Crippen LogP contribution in [0.15, 0.2) is 30.3 Å². The number of rotatable bonds is 5. The van der Waals surface area contributed by atoms with E-state index >= 15 is 0 Å². The monoisotopic (exact) mass is 383 g/mol. The quantitative estimate of drug-likeness (QED) is 0.853. The second-order valence-corrected chi connectivity index (χ2v) is 6.39. The van der Waals surface area contributed by atoms with E-state index in [2.05, 4.69) is 5.32 Å². The van der Waals surface area contributed by atoms with Crippen molar-refractivity contribution in [3.63, 3.8) is 0 Å². The number of fused-ring (bicyclic) bond motifs is 1. The summed E-state index contributed by atoms with van der Waals surface area (Å²) in [6.07, 6.45) is 0.459. The molecule has 0 unspecified atom stereocenters. The lowest BCUT2D eigenvalue weighted by Crippen LogP contribution is -2.27. The molecule has 3 rings (SSSR count). The molecule has 0 fully saturated rings. The zero-order valence-corrected chi connectivity index (χ0v) is 14.8. The van der Waals surface area contributed by atoms with Crippen molar-refractivity contribution in [2.45, 2.75) is 12.8 Å². The maximum Gasteiger partial charge on any atom is 0.224 e. The first-order valence-corrected chi connectivity index (χ1v) is 8.58. The molecule has 1 aliphatic rings. The third-order valence-electron chi connectivity index (χ3n) is 3.79. The summed E-state index contributed by atoms with van der Waals surface area (Å²) in [4.78, 5) is 12.0. The van der Waals surface area contributed by atoms with Gasteiger partial charge in [-0.25, -0.2) is 4.39 Å². The van der Waals surface area contributed by atoms with Crippen LogP contribution in [-0.4, -0.2) is 25.7 Å². The number of hydrogen-bond donors (Lipinski definition) is 1. The molecule has 2 aromatic rings. The first kappa shape index (κ1) is 17.8. The molecular formula is C18H16Cl2FNO3. The van der Waals surface area contributed by atoms with Crippen LogP contribution in [0.4, 0.5) is 4.39 Å². The highest BCUT2D eigenvalue weighted by Crippen LogP contribution is 2.38. The molecule has 1 heterocycles. The minimum absolute atomic E-state index is 0.104. The maximum atomic E-state index is 13.7. The van der Waals surface area contributed by atoms with Gasteiger partial charge in [0.1, 0.15) is 19.0 Å². The van der Waals surface area contributed by atoms with Crippen molar-refractivity contribution < 1.29 is 18.7 Å². The third-order valence-corrected chi connectivity index (χ3v) is 4.43.